The van der Waals surface area contributed by atoms with E-state index < -0.39 is 10.8 Å². The third-order valence-corrected chi connectivity index (χ3v) is 5.70. The molecule has 132 valence electrons. The summed E-state index contributed by atoms with van der Waals surface area (Å²) in [5.74, 6) is 1.27. The van der Waals surface area contributed by atoms with Crippen LogP contribution >= 0.6 is 0 Å². The maximum Gasteiger partial charge on any atom is 0.256 e. The SMILES string of the molecule is Cc1ccc(C(=O)Nc2c3c(nn2-c2ccc(C)cc2)CS(=O)C3)cc1. The Morgan fingerprint density at radius 1 is 1.00 bits per heavy atom. The van der Waals surface area contributed by atoms with Gasteiger partial charge >= 0.3 is 0 Å². The van der Waals surface area contributed by atoms with Gasteiger partial charge in [0.1, 0.15) is 5.82 Å². The molecule has 0 bridgehead atoms. The van der Waals surface area contributed by atoms with Crippen molar-refractivity contribution in [2.45, 2.75) is 25.4 Å². The van der Waals surface area contributed by atoms with Crippen LogP contribution < -0.4 is 5.32 Å². The van der Waals surface area contributed by atoms with Crippen LogP contribution in [0, 0.1) is 13.8 Å². The summed E-state index contributed by atoms with van der Waals surface area (Å²) in [6.07, 6.45) is 0. The first-order chi connectivity index (χ1) is 12.5. The number of nitrogens with one attached hydrogen (secondary N) is 1. The van der Waals surface area contributed by atoms with Gasteiger partial charge in [-0.15, -0.1) is 0 Å². The molecular weight excluding hydrogens is 346 g/mol. The largest absolute Gasteiger partial charge is 0.306 e. The molecule has 6 heteroatoms. The highest BCUT2D eigenvalue weighted by Crippen LogP contribution is 2.31. The Morgan fingerprint density at radius 2 is 1.62 bits per heavy atom. The Hall–Kier alpha value is -2.73. The molecule has 1 aromatic heterocycles. The van der Waals surface area contributed by atoms with Crippen LogP contribution in [0.4, 0.5) is 5.82 Å². The number of fused-ring (bicyclic) bond motifs is 1. The lowest BCUT2D eigenvalue weighted by molar-refractivity contribution is 0.102. The monoisotopic (exact) mass is 365 g/mol. The number of hydrogen-bond donors (Lipinski definition) is 1. The van der Waals surface area contributed by atoms with Gasteiger partial charge in [0.25, 0.3) is 5.91 Å². The van der Waals surface area contributed by atoms with E-state index in [-0.39, 0.29) is 5.91 Å². The minimum Gasteiger partial charge on any atom is -0.306 e. The number of carbonyl (C=O) groups excluding carboxylic acids is 1. The van der Waals surface area contributed by atoms with Crippen molar-refractivity contribution < 1.29 is 9.00 Å². The molecule has 4 rings (SSSR count). The van der Waals surface area contributed by atoms with E-state index in [2.05, 4.69) is 10.4 Å². The van der Waals surface area contributed by atoms with Gasteiger partial charge in [-0.05, 0) is 38.1 Å². The van der Waals surface area contributed by atoms with E-state index in [1.165, 1.54) is 0 Å². The predicted molar refractivity (Wildman–Crippen MR) is 103 cm³/mol. The Labute approximate surface area is 154 Å². The van der Waals surface area contributed by atoms with Gasteiger partial charge in [0.15, 0.2) is 0 Å². The summed E-state index contributed by atoms with van der Waals surface area (Å²) < 4.78 is 13.7. The molecule has 0 spiro atoms. The van der Waals surface area contributed by atoms with E-state index in [1.54, 1.807) is 16.8 Å². The Bertz CT molecular complexity index is 1000. The smallest absolute Gasteiger partial charge is 0.256 e. The number of nitrogens with zero attached hydrogens (tertiary/aromatic N) is 2. The summed E-state index contributed by atoms with van der Waals surface area (Å²) in [5, 5.41) is 7.60. The summed E-state index contributed by atoms with van der Waals surface area (Å²) in [4.78, 5) is 12.7. The molecular formula is C20H19N3O2S. The third kappa shape index (κ3) is 3.08. The third-order valence-electron chi connectivity index (χ3n) is 4.49. The maximum absolute atomic E-state index is 12.7. The first kappa shape index (κ1) is 16.7. The second-order valence-corrected chi connectivity index (χ2v) is 8.03. The van der Waals surface area contributed by atoms with Crippen LogP contribution in [0.5, 0.6) is 0 Å². The fourth-order valence-corrected chi connectivity index (χ4v) is 4.28. The molecule has 1 aliphatic heterocycles. The van der Waals surface area contributed by atoms with Crippen LogP contribution in [0.25, 0.3) is 5.69 Å². The maximum atomic E-state index is 12.7. The lowest BCUT2D eigenvalue weighted by Gasteiger charge is -2.11. The van der Waals surface area contributed by atoms with Crippen molar-refractivity contribution in [1.29, 1.82) is 0 Å². The number of amides is 1. The molecule has 0 saturated carbocycles. The normalized spacial score (nSPS) is 15.7. The fraction of sp³-hybridized carbons (Fsp3) is 0.200. The number of aryl methyl sites for hydroxylation is 2. The molecule has 1 N–H and O–H groups in total. The van der Waals surface area contributed by atoms with Gasteiger partial charge in [0.05, 0.1) is 22.9 Å². The van der Waals surface area contributed by atoms with Crippen LogP contribution in [0.15, 0.2) is 48.5 Å². The van der Waals surface area contributed by atoms with Crippen molar-refractivity contribution in [2.24, 2.45) is 0 Å². The summed E-state index contributed by atoms with van der Waals surface area (Å²) in [6.45, 7) is 4.01. The molecule has 0 radical (unpaired) electrons. The van der Waals surface area contributed by atoms with E-state index >= 15 is 0 Å². The van der Waals surface area contributed by atoms with Gasteiger partial charge in [-0.1, -0.05) is 35.4 Å². The lowest BCUT2D eigenvalue weighted by atomic mass is 10.1. The average molecular weight is 365 g/mol. The Morgan fingerprint density at radius 3 is 2.27 bits per heavy atom. The fourth-order valence-electron chi connectivity index (χ4n) is 3.01. The zero-order valence-electron chi connectivity index (χ0n) is 14.7. The van der Waals surface area contributed by atoms with E-state index in [9.17, 15) is 9.00 Å². The number of anilines is 1. The number of rotatable bonds is 3. The van der Waals surface area contributed by atoms with Crippen molar-refractivity contribution in [3.63, 3.8) is 0 Å². The first-order valence-electron chi connectivity index (χ1n) is 8.42. The summed E-state index contributed by atoms with van der Waals surface area (Å²) in [6, 6.07) is 15.4. The molecule has 5 nitrogen and oxygen atoms in total. The number of aromatic nitrogens is 2. The van der Waals surface area contributed by atoms with E-state index in [4.69, 9.17) is 0 Å². The standard InChI is InChI=1S/C20H19N3O2S/c1-13-3-7-15(8-4-13)20(24)21-19-17-11-26(25)12-18(17)22-23(19)16-9-5-14(2)6-10-16/h3-10H,11-12H2,1-2H3,(H,21,24). The highest BCUT2D eigenvalue weighted by Gasteiger charge is 2.28. The van der Waals surface area contributed by atoms with E-state index in [0.29, 0.717) is 22.9 Å². The molecule has 0 fully saturated rings. The Kier molecular flexibility index (Phi) is 4.20. The van der Waals surface area contributed by atoms with Crippen molar-refractivity contribution in [3.8, 4) is 5.69 Å². The van der Waals surface area contributed by atoms with Crippen molar-refractivity contribution in [2.75, 3.05) is 5.32 Å². The second kappa shape index (κ2) is 6.53. The van der Waals surface area contributed by atoms with E-state index in [0.717, 1.165) is 28.1 Å². The van der Waals surface area contributed by atoms with Gasteiger partial charge < -0.3 is 5.32 Å². The summed E-state index contributed by atoms with van der Waals surface area (Å²) >= 11 is 0. The molecule has 1 aliphatic rings. The molecule has 2 aromatic carbocycles. The minimum atomic E-state index is -0.956. The molecule has 3 aromatic rings. The molecule has 0 saturated heterocycles. The zero-order valence-corrected chi connectivity index (χ0v) is 15.5. The van der Waals surface area contributed by atoms with Crippen LogP contribution in [0.1, 0.15) is 32.7 Å². The van der Waals surface area contributed by atoms with Crippen LogP contribution in [0.2, 0.25) is 0 Å². The highest BCUT2D eigenvalue weighted by molar-refractivity contribution is 7.83. The van der Waals surface area contributed by atoms with Crippen LogP contribution in [-0.2, 0) is 22.3 Å². The van der Waals surface area contributed by atoms with Gasteiger partial charge in [0, 0.05) is 21.9 Å². The van der Waals surface area contributed by atoms with Gasteiger partial charge in [-0.3, -0.25) is 9.00 Å². The van der Waals surface area contributed by atoms with Gasteiger partial charge in [-0.25, -0.2) is 4.68 Å². The van der Waals surface area contributed by atoms with Crippen molar-refractivity contribution >= 4 is 22.5 Å². The van der Waals surface area contributed by atoms with Crippen LogP contribution in [0.3, 0.4) is 0 Å². The average Bonchev–Trinajstić information content (AvgIpc) is 3.13. The molecule has 1 atom stereocenters. The van der Waals surface area contributed by atoms with E-state index in [1.807, 2.05) is 50.2 Å². The Balaban J connectivity index is 1.74. The molecule has 26 heavy (non-hydrogen) atoms. The minimum absolute atomic E-state index is 0.196. The highest BCUT2D eigenvalue weighted by atomic mass is 32.2. The second-order valence-electron chi connectivity index (χ2n) is 6.57. The van der Waals surface area contributed by atoms with Gasteiger partial charge in [0.2, 0.25) is 0 Å². The molecule has 1 unspecified atom stereocenters. The molecule has 1 amide bonds. The lowest BCUT2D eigenvalue weighted by Crippen LogP contribution is -2.16. The quantitative estimate of drug-likeness (QED) is 0.773. The first-order valence-corrected chi connectivity index (χ1v) is 9.91. The number of benzene rings is 2. The topological polar surface area (TPSA) is 64.0 Å². The number of hydrogen-bond acceptors (Lipinski definition) is 3. The van der Waals surface area contributed by atoms with Gasteiger partial charge in [-0.2, -0.15) is 5.10 Å². The van der Waals surface area contributed by atoms with Crippen LogP contribution in [-0.4, -0.2) is 19.9 Å². The summed E-state index contributed by atoms with van der Waals surface area (Å²) in [7, 11) is -0.956. The van der Waals surface area contributed by atoms with Crippen molar-refractivity contribution in [1.82, 2.24) is 9.78 Å². The predicted octanol–water partition coefficient (Wildman–Crippen LogP) is 3.50. The number of carbonyl (C=O) groups is 1. The zero-order chi connectivity index (χ0) is 18.3. The summed E-state index contributed by atoms with van der Waals surface area (Å²) in [5.41, 5.74) is 5.37. The molecule has 2 heterocycles. The van der Waals surface area contributed by atoms with Crippen molar-refractivity contribution in [3.05, 3.63) is 76.5 Å². The molecule has 0 aliphatic carbocycles.